The highest BCUT2D eigenvalue weighted by molar-refractivity contribution is 6.08. The van der Waals surface area contributed by atoms with Crippen molar-refractivity contribution in [3.8, 4) is 22.6 Å². The second-order valence-corrected chi connectivity index (χ2v) is 12.7. The summed E-state index contributed by atoms with van der Waals surface area (Å²) in [6.45, 7) is 9.90. The predicted octanol–water partition coefficient (Wildman–Crippen LogP) is 10.8. The van der Waals surface area contributed by atoms with Gasteiger partial charge in [0.15, 0.2) is 5.60 Å². The van der Waals surface area contributed by atoms with Gasteiger partial charge in [0.2, 0.25) is 0 Å². The number of fused-ring (bicyclic) bond motifs is 8. The van der Waals surface area contributed by atoms with Gasteiger partial charge in [-0.15, -0.1) is 0 Å². The minimum absolute atomic E-state index is 0.151. The third kappa shape index (κ3) is 4.47. The molecule has 216 valence electrons. The summed E-state index contributed by atoms with van der Waals surface area (Å²) in [4.78, 5) is 0. The van der Waals surface area contributed by atoms with E-state index < -0.39 is 5.60 Å². The fourth-order valence-electron chi connectivity index (χ4n) is 7.23. The van der Waals surface area contributed by atoms with Gasteiger partial charge >= 0.3 is 0 Å². The molecular formula is C41H40O2. The molecule has 0 aromatic heterocycles. The van der Waals surface area contributed by atoms with Gasteiger partial charge in [0.05, 0.1) is 6.61 Å². The summed E-state index contributed by atoms with van der Waals surface area (Å²) in [5, 5.41) is 2.40. The van der Waals surface area contributed by atoms with Crippen LogP contribution in [0.5, 0.6) is 11.5 Å². The van der Waals surface area contributed by atoms with E-state index in [1.165, 1.54) is 58.0 Å². The Kier molecular flexibility index (Phi) is 6.89. The van der Waals surface area contributed by atoms with Crippen LogP contribution in [-0.2, 0) is 11.0 Å². The molecule has 1 atom stereocenters. The molecule has 2 nitrogen and oxygen atoms in total. The molecule has 1 heterocycles. The van der Waals surface area contributed by atoms with Crippen molar-refractivity contribution in [2.24, 2.45) is 0 Å². The highest BCUT2D eigenvalue weighted by atomic mass is 16.5. The molecule has 0 saturated carbocycles. The maximum atomic E-state index is 7.38. The number of benzene rings is 5. The van der Waals surface area contributed by atoms with Crippen LogP contribution < -0.4 is 9.47 Å². The zero-order valence-electron chi connectivity index (χ0n) is 25.7. The molecule has 1 unspecified atom stereocenters. The summed E-state index contributed by atoms with van der Waals surface area (Å²) in [5.41, 5.74) is 9.17. The van der Waals surface area contributed by atoms with E-state index >= 15 is 0 Å². The van der Waals surface area contributed by atoms with Crippen molar-refractivity contribution in [1.29, 1.82) is 0 Å². The molecular weight excluding hydrogens is 524 g/mol. The van der Waals surface area contributed by atoms with Gasteiger partial charge in [-0.3, -0.25) is 0 Å². The molecule has 0 spiro atoms. The Morgan fingerprint density at radius 2 is 1.47 bits per heavy atom. The summed E-state index contributed by atoms with van der Waals surface area (Å²) >= 11 is 0. The highest BCUT2D eigenvalue weighted by Crippen LogP contribution is 2.58. The van der Waals surface area contributed by atoms with Gasteiger partial charge in [0.25, 0.3) is 0 Å². The first-order valence-corrected chi connectivity index (χ1v) is 15.8. The lowest BCUT2D eigenvalue weighted by Crippen LogP contribution is -2.35. The molecule has 0 N–H and O–H groups in total. The van der Waals surface area contributed by atoms with Gasteiger partial charge in [-0.1, -0.05) is 137 Å². The first kappa shape index (κ1) is 27.5. The minimum Gasteiger partial charge on any atom is -0.494 e. The van der Waals surface area contributed by atoms with Crippen molar-refractivity contribution in [2.45, 2.75) is 64.4 Å². The van der Waals surface area contributed by atoms with Gasteiger partial charge in [0.1, 0.15) is 11.5 Å². The molecule has 43 heavy (non-hydrogen) atoms. The Morgan fingerprint density at radius 1 is 0.744 bits per heavy atom. The zero-order valence-corrected chi connectivity index (χ0v) is 25.7. The first-order valence-electron chi connectivity index (χ1n) is 15.8. The average Bonchev–Trinajstić information content (AvgIpc) is 3.27. The maximum absolute atomic E-state index is 7.38. The lowest BCUT2D eigenvalue weighted by atomic mass is 9.76. The molecule has 0 radical (unpaired) electrons. The summed E-state index contributed by atoms with van der Waals surface area (Å²) < 4.78 is 13.5. The number of unbranched alkanes of at least 4 members (excludes halogenated alkanes) is 3. The summed E-state index contributed by atoms with van der Waals surface area (Å²) in [7, 11) is 0. The van der Waals surface area contributed by atoms with Crippen molar-refractivity contribution in [1.82, 2.24) is 0 Å². The lowest BCUT2D eigenvalue weighted by molar-refractivity contribution is 0.163. The first-order chi connectivity index (χ1) is 20.9. The monoisotopic (exact) mass is 564 g/mol. The summed E-state index contributed by atoms with van der Waals surface area (Å²) in [6, 6.07) is 34.8. The van der Waals surface area contributed by atoms with Crippen LogP contribution in [0.15, 0.2) is 103 Å². The maximum Gasteiger partial charge on any atom is 0.178 e. The zero-order chi connectivity index (χ0) is 29.6. The van der Waals surface area contributed by atoms with Gasteiger partial charge < -0.3 is 9.47 Å². The van der Waals surface area contributed by atoms with E-state index in [0.717, 1.165) is 41.0 Å². The third-order valence-electron chi connectivity index (χ3n) is 9.45. The number of ether oxygens (including phenoxy) is 2. The Bertz CT molecular complexity index is 1830. The van der Waals surface area contributed by atoms with E-state index in [1.807, 2.05) is 0 Å². The van der Waals surface area contributed by atoms with Gasteiger partial charge in [-0.2, -0.15) is 0 Å². The van der Waals surface area contributed by atoms with E-state index in [9.17, 15) is 0 Å². The molecule has 7 rings (SSSR count). The molecule has 0 fully saturated rings. The van der Waals surface area contributed by atoms with Crippen LogP contribution in [-0.4, -0.2) is 6.61 Å². The Labute approximate surface area is 256 Å². The molecule has 1 aliphatic carbocycles. The van der Waals surface area contributed by atoms with Gasteiger partial charge in [-0.25, -0.2) is 0 Å². The number of hydrogen-bond acceptors (Lipinski definition) is 2. The van der Waals surface area contributed by atoms with Crippen molar-refractivity contribution < 1.29 is 9.47 Å². The average molecular weight is 565 g/mol. The molecule has 0 amide bonds. The fraction of sp³-hybridized carbons (Fsp3) is 0.268. The van der Waals surface area contributed by atoms with E-state index in [-0.39, 0.29) is 5.41 Å². The van der Waals surface area contributed by atoms with Crippen LogP contribution in [0.25, 0.3) is 28.0 Å². The van der Waals surface area contributed by atoms with Gasteiger partial charge in [0, 0.05) is 27.5 Å². The lowest BCUT2D eigenvalue weighted by Gasteiger charge is -2.38. The second kappa shape index (κ2) is 10.8. The van der Waals surface area contributed by atoms with Crippen LogP contribution in [0.3, 0.4) is 0 Å². The van der Waals surface area contributed by atoms with Crippen LogP contribution in [0.1, 0.15) is 79.8 Å². The molecule has 5 aromatic carbocycles. The number of aryl methyl sites for hydroxylation is 1. The quantitative estimate of drug-likeness (QED) is 0.175. The standard InChI is InChI=1S/C41H40O2/c1-5-6-7-13-26-42-31-21-19-30(20-22-31)41(29-14-9-8-10-15-29)25-24-35-38-37(32-16-11-12-17-33(32)39(35)43-41)34-23-18-28(2)27-36(34)40(38,3)4/h8-12,14-25,27H,5-7,13,26H2,1-4H3. The van der Waals surface area contributed by atoms with Crippen LogP contribution in [0.2, 0.25) is 0 Å². The number of rotatable bonds is 8. The van der Waals surface area contributed by atoms with Crippen LogP contribution >= 0.6 is 0 Å². The highest BCUT2D eigenvalue weighted by Gasteiger charge is 2.44. The Balaban J connectivity index is 1.37. The normalized spacial score (nSPS) is 17.7. The van der Waals surface area contributed by atoms with Gasteiger partial charge in [-0.05, 0) is 59.2 Å². The number of hydrogen-bond donors (Lipinski definition) is 0. The Hall–Kier alpha value is -4.30. The molecule has 0 saturated heterocycles. The van der Waals surface area contributed by atoms with E-state index in [2.05, 4.69) is 137 Å². The molecule has 2 heteroatoms. The fourth-order valence-corrected chi connectivity index (χ4v) is 7.23. The van der Waals surface area contributed by atoms with Crippen LogP contribution in [0.4, 0.5) is 0 Å². The second-order valence-electron chi connectivity index (χ2n) is 12.7. The molecule has 2 aliphatic rings. The smallest absolute Gasteiger partial charge is 0.178 e. The Morgan fingerprint density at radius 3 is 2.23 bits per heavy atom. The van der Waals surface area contributed by atoms with Crippen LogP contribution in [0, 0.1) is 6.92 Å². The van der Waals surface area contributed by atoms with Crippen molar-refractivity contribution in [3.05, 3.63) is 137 Å². The minimum atomic E-state index is -0.767. The summed E-state index contributed by atoms with van der Waals surface area (Å²) in [5.74, 6) is 1.86. The molecule has 5 aromatic rings. The van der Waals surface area contributed by atoms with E-state index in [1.54, 1.807) is 0 Å². The van der Waals surface area contributed by atoms with Crippen molar-refractivity contribution in [2.75, 3.05) is 6.61 Å². The topological polar surface area (TPSA) is 18.5 Å². The largest absolute Gasteiger partial charge is 0.494 e. The predicted molar refractivity (Wildman–Crippen MR) is 179 cm³/mol. The molecule has 0 bridgehead atoms. The third-order valence-corrected chi connectivity index (χ3v) is 9.45. The van der Waals surface area contributed by atoms with Crippen molar-refractivity contribution in [3.63, 3.8) is 0 Å². The molecule has 1 aliphatic heterocycles. The van der Waals surface area contributed by atoms with E-state index in [0.29, 0.717) is 0 Å². The summed E-state index contributed by atoms with van der Waals surface area (Å²) in [6.07, 6.45) is 9.38. The van der Waals surface area contributed by atoms with E-state index in [4.69, 9.17) is 9.47 Å². The SMILES string of the molecule is CCCCCCOc1ccc(C2(c3ccccc3)C=Cc3c4c(c5ccccc5c3O2)-c2ccc(C)cc2C4(C)C)cc1. The van der Waals surface area contributed by atoms with Crippen molar-refractivity contribution >= 4 is 16.8 Å².